The lowest BCUT2D eigenvalue weighted by Crippen LogP contribution is -2.43. The van der Waals surface area contributed by atoms with Gasteiger partial charge in [0.05, 0.1) is 24.4 Å². The van der Waals surface area contributed by atoms with Gasteiger partial charge < -0.3 is 24.6 Å². The standard InChI is InChI=1S/C19H23N3O4/c1-21(2)16(23)9-8-12-10-14-18(26-4)20-17-13(19(24)22(14)11-12)6-5-7-15(17)25-3/h5-9,11,14,18,20H,10H2,1-4H3/b9-8+/t14-,18+/m0/s1. The minimum atomic E-state index is -0.400. The number of fused-ring (bicyclic) bond motifs is 2. The number of para-hydroxylation sites is 1. The van der Waals surface area contributed by atoms with E-state index >= 15 is 0 Å². The first-order valence-electron chi connectivity index (χ1n) is 8.35. The molecule has 0 saturated heterocycles. The molecule has 7 heteroatoms. The first-order valence-corrected chi connectivity index (χ1v) is 8.35. The molecule has 2 amide bonds. The number of carbonyl (C=O) groups is 2. The lowest BCUT2D eigenvalue weighted by atomic mass is 10.1. The quantitative estimate of drug-likeness (QED) is 0.833. The van der Waals surface area contributed by atoms with E-state index in [9.17, 15) is 9.59 Å². The Hall–Kier alpha value is -2.80. The summed E-state index contributed by atoms with van der Waals surface area (Å²) in [6, 6.07) is 5.15. The van der Waals surface area contributed by atoms with Gasteiger partial charge >= 0.3 is 0 Å². The Morgan fingerprint density at radius 3 is 2.77 bits per heavy atom. The summed E-state index contributed by atoms with van der Waals surface area (Å²) in [7, 11) is 6.56. The van der Waals surface area contributed by atoms with E-state index in [4.69, 9.17) is 9.47 Å². The van der Waals surface area contributed by atoms with Crippen LogP contribution in [0.4, 0.5) is 5.69 Å². The molecule has 0 unspecified atom stereocenters. The fourth-order valence-electron chi connectivity index (χ4n) is 3.19. The number of allylic oxidation sites excluding steroid dienone is 1. The minimum Gasteiger partial charge on any atom is -0.495 e. The van der Waals surface area contributed by atoms with Gasteiger partial charge in [-0.05, 0) is 24.1 Å². The third kappa shape index (κ3) is 3.17. The molecule has 3 rings (SSSR count). The molecule has 0 spiro atoms. The van der Waals surface area contributed by atoms with Crippen molar-refractivity contribution < 1.29 is 19.1 Å². The van der Waals surface area contributed by atoms with Crippen LogP contribution in [0.3, 0.4) is 0 Å². The zero-order chi connectivity index (χ0) is 18.8. The van der Waals surface area contributed by atoms with Crippen molar-refractivity contribution in [3.8, 4) is 5.75 Å². The molecule has 0 fully saturated rings. The fraction of sp³-hybridized carbons (Fsp3) is 0.368. The molecule has 2 heterocycles. The first kappa shape index (κ1) is 18.0. The Morgan fingerprint density at radius 2 is 2.12 bits per heavy atom. The number of hydrogen-bond acceptors (Lipinski definition) is 5. The maximum atomic E-state index is 13.1. The first-order chi connectivity index (χ1) is 12.5. The summed E-state index contributed by atoms with van der Waals surface area (Å²) in [4.78, 5) is 28.0. The van der Waals surface area contributed by atoms with Gasteiger partial charge in [0.25, 0.3) is 5.91 Å². The summed E-state index contributed by atoms with van der Waals surface area (Å²) in [6.45, 7) is 0. The van der Waals surface area contributed by atoms with Crippen LogP contribution >= 0.6 is 0 Å². The van der Waals surface area contributed by atoms with Crippen LogP contribution in [0.5, 0.6) is 5.75 Å². The van der Waals surface area contributed by atoms with Crippen molar-refractivity contribution in [2.75, 3.05) is 33.6 Å². The molecule has 1 aromatic rings. The summed E-state index contributed by atoms with van der Waals surface area (Å²) in [5.74, 6) is 0.369. The zero-order valence-corrected chi connectivity index (χ0v) is 15.4. The third-order valence-corrected chi connectivity index (χ3v) is 4.59. The predicted octanol–water partition coefficient (Wildman–Crippen LogP) is 1.84. The second kappa shape index (κ2) is 7.21. The second-order valence-electron chi connectivity index (χ2n) is 6.44. The molecule has 0 bridgehead atoms. The Balaban J connectivity index is 1.95. The van der Waals surface area contributed by atoms with Gasteiger partial charge in [-0.1, -0.05) is 12.1 Å². The van der Waals surface area contributed by atoms with E-state index in [1.165, 1.54) is 11.0 Å². The Kier molecular flexibility index (Phi) is 4.99. The van der Waals surface area contributed by atoms with Crippen molar-refractivity contribution in [1.82, 2.24) is 9.80 Å². The van der Waals surface area contributed by atoms with Gasteiger partial charge in [0.1, 0.15) is 12.0 Å². The van der Waals surface area contributed by atoms with Crippen molar-refractivity contribution in [2.45, 2.75) is 18.7 Å². The number of amides is 2. The van der Waals surface area contributed by atoms with Crippen LogP contribution in [0.1, 0.15) is 16.8 Å². The maximum absolute atomic E-state index is 13.1. The molecule has 0 radical (unpaired) electrons. The van der Waals surface area contributed by atoms with Crippen molar-refractivity contribution in [2.24, 2.45) is 0 Å². The molecule has 1 aromatic carbocycles. The largest absolute Gasteiger partial charge is 0.495 e. The van der Waals surface area contributed by atoms with E-state index in [1.54, 1.807) is 63.7 Å². The number of anilines is 1. The molecule has 7 nitrogen and oxygen atoms in total. The maximum Gasteiger partial charge on any atom is 0.260 e. The van der Waals surface area contributed by atoms with Gasteiger partial charge in [0.15, 0.2) is 0 Å². The van der Waals surface area contributed by atoms with E-state index in [0.29, 0.717) is 23.4 Å². The topological polar surface area (TPSA) is 71.1 Å². The number of ether oxygens (including phenoxy) is 2. The van der Waals surface area contributed by atoms with E-state index < -0.39 is 6.23 Å². The molecule has 0 saturated carbocycles. The smallest absolute Gasteiger partial charge is 0.260 e. The number of hydrogen-bond donors (Lipinski definition) is 1. The monoisotopic (exact) mass is 357 g/mol. The SMILES string of the molecule is COc1cccc2c1N[C@H](OC)[C@@H]1CC(/C=C/C(=O)N(C)C)=CN1C2=O. The van der Waals surface area contributed by atoms with Gasteiger partial charge in [-0.25, -0.2) is 0 Å². The van der Waals surface area contributed by atoms with Crippen LogP contribution in [0.2, 0.25) is 0 Å². The van der Waals surface area contributed by atoms with Gasteiger partial charge in [-0.3, -0.25) is 9.59 Å². The van der Waals surface area contributed by atoms with Crippen molar-refractivity contribution in [3.63, 3.8) is 0 Å². The van der Waals surface area contributed by atoms with Crippen molar-refractivity contribution in [1.29, 1.82) is 0 Å². The van der Waals surface area contributed by atoms with Gasteiger partial charge in [0.2, 0.25) is 5.91 Å². The van der Waals surface area contributed by atoms with E-state index in [2.05, 4.69) is 5.32 Å². The highest BCUT2D eigenvalue weighted by atomic mass is 16.5. The van der Waals surface area contributed by atoms with Crippen LogP contribution < -0.4 is 10.1 Å². The molecule has 26 heavy (non-hydrogen) atoms. The summed E-state index contributed by atoms with van der Waals surface area (Å²) in [6.07, 6.45) is 5.24. The molecular weight excluding hydrogens is 334 g/mol. The molecule has 1 N–H and O–H groups in total. The van der Waals surface area contributed by atoms with Gasteiger partial charge in [-0.2, -0.15) is 0 Å². The Bertz CT molecular complexity index is 785. The van der Waals surface area contributed by atoms with Crippen LogP contribution in [0.25, 0.3) is 0 Å². The van der Waals surface area contributed by atoms with Crippen LogP contribution in [0, 0.1) is 0 Å². The third-order valence-electron chi connectivity index (χ3n) is 4.59. The fourth-order valence-corrected chi connectivity index (χ4v) is 3.19. The van der Waals surface area contributed by atoms with Crippen molar-refractivity contribution >= 4 is 17.5 Å². The molecular formula is C19H23N3O4. The number of benzene rings is 1. The Labute approximate surface area is 152 Å². The van der Waals surface area contributed by atoms with E-state index in [-0.39, 0.29) is 17.9 Å². The molecule has 138 valence electrons. The number of nitrogens with one attached hydrogen (secondary N) is 1. The highest BCUT2D eigenvalue weighted by molar-refractivity contribution is 6.02. The summed E-state index contributed by atoms with van der Waals surface area (Å²) < 4.78 is 11.0. The highest BCUT2D eigenvalue weighted by Gasteiger charge is 2.40. The summed E-state index contributed by atoms with van der Waals surface area (Å²) in [5, 5.41) is 3.29. The molecule has 2 atom stereocenters. The Morgan fingerprint density at radius 1 is 1.35 bits per heavy atom. The molecule has 2 aliphatic heterocycles. The van der Waals surface area contributed by atoms with E-state index in [1.807, 2.05) is 0 Å². The number of nitrogens with zero attached hydrogens (tertiary/aromatic N) is 2. The van der Waals surface area contributed by atoms with Crippen LogP contribution in [-0.2, 0) is 9.53 Å². The van der Waals surface area contributed by atoms with Crippen LogP contribution in [0.15, 0.2) is 42.1 Å². The number of rotatable bonds is 4. The average molecular weight is 357 g/mol. The summed E-state index contributed by atoms with van der Waals surface area (Å²) >= 11 is 0. The highest BCUT2D eigenvalue weighted by Crippen LogP contribution is 2.37. The summed E-state index contributed by atoms with van der Waals surface area (Å²) in [5.41, 5.74) is 2.06. The number of likely N-dealkylation sites (N-methyl/N-ethyl adjacent to an activating group) is 1. The van der Waals surface area contributed by atoms with Crippen LogP contribution in [-0.4, -0.2) is 62.2 Å². The lowest BCUT2D eigenvalue weighted by molar-refractivity contribution is -0.123. The lowest BCUT2D eigenvalue weighted by Gasteiger charge is -2.27. The molecule has 0 aliphatic carbocycles. The predicted molar refractivity (Wildman–Crippen MR) is 97.9 cm³/mol. The zero-order valence-electron chi connectivity index (χ0n) is 15.4. The second-order valence-corrected chi connectivity index (χ2v) is 6.44. The average Bonchev–Trinajstić information content (AvgIpc) is 3.02. The number of carbonyl (C=O) groups excluding carboxylic acids is 2. The van der Waals surface area contributed by atoms with Crippen molar-refractivity contribution in [3.05, 3.63) is 47.7 Å². The van der Waals surface area contributed by atoms with Gasteiger partial charge in [0, 0.05) is 33.5 Å². The minimum absolute atomic E-state index is 0.101. The molecule has 0 aromatic heterocycles. The molecule has 2 aliphatic rings. The van der Waals surface area contributed by atoms with E-state index in [0.717, 1.165) is 5.57 Å². The number of methoxy groups -OCH3 is 2. The normalized spacial score (nSPS) is 21.6. The van der Waals surface area contributed by atoms with Gasteiger partial charge in [-0.15, -0.1) is 0 Å².